The van der Waals surface area contributed by atoms with Crippen LogP contribution in [0.1, 0.15) is 36.8 Å². The number of nitrogens with one attached hydrogen (secondary N) is 1. The van der Waals surface area contributed by atoms with Gasteiger partial charge in [-0.3, -0.25) is 4.68 Å². The molecule has 1 unspecified atom stereocenters. The highest BCUT2D eigenvalue weighted by molar-refractivity contribution is 9.10. The first-order valence-corrected chi connectivity index (χ1v) is 7.65. The van der Waals surface area contributed by atoms with Gasteiger partial charge in [0, 0.05) is 37.5 Å². The molecular weight excluding hydrogens is 318 g/mol. The largest absolute Gasteiger partial charge is 0.310 e. The highest BCUT2D eigenvalue weighted by Crippen LogP contribution is 2.26. The Morgan fingerprint density at radius 2 is 2.00 bits per heavy atom. The average Bonchev–Trinajstić information content (AvgIpc) is 2.75. The van der Waals surface area contributed by atoms with Crippen molar-refractivity contribution < 1.29 is 0 Å². The summed E-state index contributed by atoms with van der Waals surface area (Å²) in [6, 6.07) is 0.192. The van der Waals surface area contributed by atoms with Crippen molar-refractivity contribution in [1.82, 2.24) is 25.1 Å². The molecule has 0 fully saturated rings. The smallest absolute Gasteiger partial charge is 0.115 e. The van der Waals surface area contributed by atoms with Gasteiger partial charge in [0.15, 0.2) is 0 Å². The number of halogens is 1. The maximum atomic E-state index is 4.55. The third-order valence-electron chi connectivity index (χ3n) is 3.33. The Morgan fingerprint density at radius 1 is 1.30 bits per heavy atom. The van der Waals surface area contributed by atoms with Crippen LogP contribution in [-0.4, -0.2) is 26.3 Å². The van der Waals surface area contributed by atoms with Crippen LogP contribution in [0.25, 0.3) is 0 Å². The van der Waals surface area contributed by atoms with Gasteiger partial charge in [0.2, 0.25) is 0 Å². The van der Waals surface area contributed by atoms with Gasteiger partial charge < -0.3 is 5.32 Å². The maximum absolute atomic E-state index is 4.55. The van der Waals surface area contributed by atoms with Gasteiger partial charge in [-0.1, -0.05) is 13.8 Å². The molecule has 2 heterocycles. The number of nitrogens with zero attached hydrogens (tertiary/aromatic N) is 4. The van der Waals surface area contributed by atoms with Crippen molar-refractivity contribution in [2.45, 2.75) is 32.7 Å². The maximum Gasteiger partial charge on any atom is 0.115 e. The Bertz CT molecular complexity index is 552. The van der Waals surface area contributed by atoms with E-state index >= 15 is 0 Å². The van der Waals surface area contributed by atoms with Crippen LogP contribution in [0.15, 0.2) is 23.2 Å². The summed E-state index contributed by atoms with van der Waals surface area (Å²) in [5, 5.41) is 8.03. The summed E-state index contributed by atoms with van der Waals surface area (Å²) < 4.78 is 3.07. The van der Waals surface area contributed by atoms with Crippen LogP contribution in [0.4, 0.5) is 0 Å². The van der Waals surface area contributed by atoms with E-state index in [0.29, 0.717) is 0 Å². The predicted molar refractivity (Wildman–Crippen MR) is 82.4 cm³/mol. The molecule has 0 radical (unpaired) electrons. The monoisotopic (exact) mass is 337 g/mol. The lowest BCUT2D eigenvalue weighted by atomic mass is 10.0. The summed E-state index contributed by atoms with van der Waals surface area (Å²) in [7, 11) is 1.99. The molecule has 0 amide bonds. The Hall–Kier alpha value is -1.27. The third-order valence-corrected chi connectivity index (χ3v) is 4.25. The summed E-state index contributed by atoms with van der Waals surface area (Å²) >= 11 is 3.67. The van der Waals surface area contributed by atoms with Crippen LogP contribution >= 0.6 is 15.9 Å². The fourth-order valence-electron chi connectivity index (χ4n) is 2.28. The highest BCUT2D eigenvalue weighted by atomic mass is 79.9. The van der Waals surface area contributed by atoms with Crippen molar-refractivity contribution in [1.29, 1.82) is 0 Å². The number of aryl methyl sites for hydroxylation is 2. The van der Waals surface area contributed by atoms with E-state index in [2.05, 4.69) is 50.2 Å². The molecule has 0 aromatic carbocycles. The molecule has 2 aromatic rings. The molecule has 1 N–H and O–H groups in total. The molecule has 2 rings (SSSR count). The molecule has 0 bridgehead atoms. The summed E-state index contributed by atoms with van der Waals surface area (Å²) in [4.78, 5) is 8.22. The lowest BCUT2D eigenvalue weighted by Gasteiger charge is -2.18. The minimum Gasteiger partial charge on any atom is -0.310 e. The average molecular weight is 338 g/mol. The Labute approximate surface area is 128 Å². The molecule has 0 aliphatic rings. The minimum absolute atomic E-state index is 0.192. The van der Waals surface area contributed by atoms with E-state index in [0.717, 1.165) is 35.1 Å². The van der Waals surface area contributed by atoms with Crippen molar-refractivity contribution in [3.63, 3.8) is 0 Å². The van der Waals surface area contributed by atoms with Gasteiger partial charge in [0.25, 0.3) is 0 Å². The number of likely N-dealkylation sites (N-methyl/N-ethyl adjacent to an activating group) is 1. The minimum atomic E-state index is 0.192. The SMILES string of the molecule is CCNC(Cc1c(Br)c(CC)nn1C)c1cncnc1. The van der Waals surface area contributed by atoms with Gasteiger partial charge in [0.05, 0.1) is 15.9 Å². The second-order valence-electron chi connectivity index (χ2n) is 4.67. The summed E-state index contributed by atoms with van der Waals surface area (Å²) in [6.45, 7) is 5.12. The van der Waals surface area contributed by atoms with E-state index in [4.69, 9.17) is 0 Å². The van der Waals surface area contributed by atoms with Crippen LogP contribution in [0.3, 0.4) is 0 Å². The van der Waals surface area contributed by atoms with Crippen LogP contribution < -0.4 is 5.32 Å². The Kier molecular flexibility index (Phi) is 5.25. The second kappa shape index (κ2) is 6.95. The lowest BCUT2D eigenvalue weighted by Crippen LogP contribution is -2.24. The van der Waals surface area contributed by atoms with Crippen LogP contribution in [-0.2, 0) is 19.9 Å². The Balaban J connectivity index is 2.27. The summed E-state index contributed by atoms with van der Waals surface area (Å²) in [6.07, 6.45) is 7.07. The van der Waals surface area contributed by atoms with Crippen LogP contribution in [0.5, 0.6) is 0 Å². The zero-order chi connectivity index (χ0) is 14.5. The molecule has 0 aliphatic heterocycles. The number of aromatic nitrogens is 4. The summed E-state index contributed by atoms with van der Waals surface area (Å²) in [5.41, 5.74) is 3.39. The van der Waals surface area contributed by atoms with E-state index in [-0.39, 0.29) is 6.04 Å². The van der Waals surface area contributed by atoms with Crippen LogP contribution in [0.2, 0.25) is 0 Å². The first kappa shape index (κ1) is 15.1. The Morgan fingerprint density at radius 3 is 2.55 bits per heavy atom. The number of rotatable bonds is 6. The zero-order valence-corrected chi connectivity index (χ0v) is 13.7. The summed E-state index contributed by atoms with van der Waals surface area (Å²) in [5.74, 6) is 0. The molecule has 0 spiro atoms. The molecule has 6 heteroatoms. The van der Waals surface area contributed by atoms with Crippen molar-refractivity contribution >= 4 is 15.9 Å². The topological polar surface area (TPSA) is 55.6 Å². The molecule has 0 aliphatic carbocycles. The van der Waals surface area contributed by atoms with Gasteiger partial charge in [-0.2, -0.15) is 5.10 Å². The molecule has 0 saturated heterocycles. The first-order chi connectivity index (χ1) is 9.67. The molecule has 1 atom stereocenters. The quantitative estimate of drug-likeness (QED) is 0.879. The van der Waals surface area contributed by atoms with Gasteiger partial charge in [0.1, 0.15) is 6.33 Å². The number of hydrogen-bond acceptors (Lipinski definition) is 4. The van der Waals surface area contributed by atoms with Crippen molar-refractivity contribution in [3.05, 3.63) is 40.1 Å². The molecule has 5 nitrogen and oxygen atoms in total. The fraction of sp³-hybridized carbons (Fsp3) is 0.500. The fourth-order valence-corrected chi connectivity index (χ4v) is 3.06. The first-order valence-electron chi connectivity index (χ1n) is 6.85. The lowest BCUT2D eigenvalue weighted by molar-refractivity contribution is 0.524. The van der Waals surface area contributed by atoms with Crippen LogP contribution in [0, 0.1) is 0 Å². The van der Waals surface area contributed by atoms with Gasteiger partial charge in [-0.25, -0.2) is 9.97 Å². The normalized spacial score (nSPS) is 12.6. The van der Waals surface area contributed by atoms with Gasteiger partial charge in [-0.05, 0) is 28.9 Å². The standard InChI is InChI=1S/C14H20BrN5/c1-4-11-14(15)13(20(3)19-11)6-12(18-5-2)10-7-16-9-17-8-10/h7-9,12,18H,4-6H2,1-3H3. The van der Waals surface area contributed by atoms with E-state index in [1.165, 1.54) is 5.69 Å². The third kappa shape index (κ3) is 3.24. The molecule has 108 valence electrons. The van der Waals surface area contributed by atoms with E-state index < -0.39 is 0 Å². The van der Waals surface area contributed by atoms with Gasteiger partial charge >= 0.3 is 0 Å². The highest BCUT2D eigenvalue weighted by Gasteiger charge is 2.18. The molecule has 0 saturated carbocycles. The van der Waals surface area contributed by atoms with E-state index in [1.807, 2.05) is 24.1 Å². The number of hydrogen-bond donors (Lipinski definition) is 1. The van der Waals surface area contributed by atoms with Crippen molar-refractivity contribution in [3.8, 4) is 0 Å². The molecule has 20 heavy (non-hydrogen) atoms. The molecule has 2 aromatic heterocycles. The second-order valence-corrected chi connectivity index (χ2v) is 5.46. The zero-order valence-electron chi connectivity index (χ0n) is 12.1. The van der Waals surface area contributed by atoms with Crippen molar-refractivity contribution in [2.24, 2.45) is 7.05 Å². The van der Waals surface area contributed by atoms with Crippen molar-refractivity contribution in [2.75, 3.05) is 6.54 Å². The molecular formula is C14H20BrN5. The van der Waals surface area contributed by atoms with E-state index in [1.54, 1.807) is 6.33 Å². The van der Waals surface area contributed by atoms with E-state index in [9.17, 15) is 0 Å². The van der Waals surface area contributed by atoms with Gasteiger partial charge in [-0.15, -0.1) is 0 Å². The predicted octanol–water partition coefficient (Wildman–Crippen LogP) is 2.43.